The van der Waals surface area contributed by atoms with Gasteiger partial charge in [0, 0.05) is 6.42 Å². The first-order valence-electron chi connectivity index (χ1n) is 4.82. The number of ether oxygens (including phenoxy) is 1. The first-order chi connectivity index (χ1) is 7.36. The van der Waals surface area contributed by atoms with Crippen molar-refractivity contribution in [2.24, 2.45) is 0 Å². The average molecular weight is 204 g/mol. The molecule has 0 saturated heterocycles. The van der Waals surface area contributed by atoms with Gasteiger partial charge < -0.3 is 4.74 Å². The predicted molar refractivity (Wildman–Crippen MR) is 54.7 cm³/mol. The predicted octanol–water partition coefficient (Wildman–Crippen LogP) is 2.00. The summed E-state index contributed by atoms with van der Waals surface area (Å²) in [6.07, 6.45) is 0.854. The van der Waals surface area contributed by atoms with Crippen LogP contribution in [0.25, 0.3) is 0 Å². The maximum Gasteiger partial charge on any atom is 0.278 e. The minimum absolute atomic E-state index is 0.478. The molecule has 2 aromatic rings. The second-order valence-electron chi connectivity index (χ2n) is 3.24. The molecule has 2 rings (SSSR count). The monoisotopic (exact) mass is 204 g/mol. The Kier molecular flexibility index (Phi) is 2.97. The van der Waals surface area contributed by atoms with E-state index in [0.29, 0.717) is 18.2 Å². The second-order valence-corrected chi connectivity index (χ2v) is 3.24. The molecule has 1 heterocycles. The molecule has 0 atom stereocenters. The van der Waals surface area contributed by atoms with E-state index in [0.717, 1.165) is 6.42 Å². The second kappa shape index (κ2) is 4.59. The zero-order chi connectivity index (χ0) is 10.5. The third kappa shape index (κ3) is 2.56. The van der Waals surface area contributed by atoms with E-state index in [2.05, 4.69) is 27.1 Å². The summed E-state index contributed by atoms with van der Waals surface area (Å²) in [5.41, 5.74) is 1.93. The summed E-state index contributed by atoms with van der Waals surface area (Å²) in [7, 11) is 0. The van der Waals surface area contributed by atoms with Gasteiger partial charge in [-0.1, -0.05) is 35.5 Å². The van der Waals surface area contributed by atoms with Crippen molar-refractivity contribution in [3.63, 3.8) is 0 Å². The van der Waals surface area contributed by atoms with Crippen molar-refractivity contribution in [2.45, 2.75) is 13.3 Å². The van der Waals surface area contributed by atoms with Crippen molar-refractivity contribution in [3.05, 3.63) is 41.6 Å². The maximum absolute atomic E-state index is 5.41. The highest BCUT2D eigenvalue weighted by Gasteiger charge is 2.05. The fourth-order valence-corrected chi connectivity index (χ4v) is 1.26. The molecule has 1 aromatic heterocycles. The van der Waals surface area contributed by atoms with Gasteiger partial charge in [0.05, 0.1) is 6.61 Å². The summed E-state index contributed by atoms with van der Waals surface area (Å²) in [5, 5.41) is 7.27. The SMILES string of the molecule is Cc1nonc1OCCc1ccccc1. The van der Waals surface area contributed by atoms with Crippen molar-refractivity contribution < 1.29 is 9.37 Å². The average Bonchev–Trinajstić information content (AvgIpc) is 2.66. The Labute approximate surface area is 87.8 Å². The van der Waals surface area contributed by atoms with Crippen molar-refractivity contribution in [3.8, 4) is 5.88 Å². The van der Waals surface area contributed by atoms with E-state index in [1.54, 1.807) is 6.92 Å². The van der Waals surface area contributed by atoms with Crippen molar-refractivity contribution in [1.29, 1.82) is 0 Å². The molecule has 1 aromatic carbocycles. The van der Waals surface area contributed by atoms with Crippen LogP contribution >= 0.6 is 0 Å². The van der Waals surface area contributed by atoms with Crippen molar-refractivity contribution in [2.75, 3.05) is 6.61 Å². The zero-order valence-corrected chi connectivity index (χ0v) is 8.51. The molecule has 0 aliphatic rings. The third-order valence-corrected chi connectivity index (χ3v) is 2.08. The number of nitrogens with zero attached hydrogens (tertiary/aromatic N) is 2. The molecule has 0 fully saturated rings. The van der Waals surface area contributed by atoms with Gasteiger partial charge >= 0.3 is 0 Å². The molecule has 0 N–H and O–H groups in total. The van der Waals surface area contributed by atoms with Gasteiger partial charge in [0.25, 0.3) is 5.88 Å². The van der Waals surface area contributed by atoms with Crippen LogP contribution in [0.2, 0.25) is 0 Å². The molecule has 0 saturated carbocycles. The van der Waals surface area contributed by atoms with Gasteiger partial charge in [-0.25, -0.2) is 4.63 Å². The van der Waals surface area contributed by atoms with Gasteiger partial charge in [0.15, 0.2) is 0 Å². The highest BCUT2D eigenvalue weighted by atomic mass is 16.6. The number of benzene rings is 1. The summed E-state index contributed by atoms with van der Waals surface area (Å²) in [4.78, 5) is 0. The molecular formula is C11H12N2O2. The van der Waals surface area contributed by atoms with Crippen molar-refractivity contribution >= 4 is 0 Å². The van der Waals surface area contributed by atoms with E-state index < -0.39 is 0 Å². The minimum atomic E-state index is 0.478. The Hall–Kier alpha value is -1.84. The van der Waals surface area contributed by atoms with E-state index in [9.17, 15) is 0 Å². The van der Waals surface area contributed by atoms with E-state index in [1.807, 2.05) is 18.2 Å². The fraction of sp³-hybridized carbons (Fsp3) is 0.273. The molecule has 4 heteroatoms. The Bertz CT molecular complexity index is 412. The Morgan fingerprint density at radius 1 is 1.20 bits per heavy atom. The summed E-state index contributed by atoms with van der Waals surface area (Å²) in [6.45, 7) is 2.38. The maximum atomic E-state index is 5.41. The number of hydrogen-bond donors (Lipinski definition) is 0. The van der Waals surface area contributed by atoms with Crippen LogP contribution in [-0.2, 0) is 6.42 Å². The first kappa shape index (κ1) is 9.71. The normalized spacial score (nSPS) is 10.2. The lowest BCUT2D eigenvalue weighted by atomic mass is 10.2. The number of aromatic nitrogens is 2. The van der Waals surface area contributed by atoms with Crippen LogP contribution in [0.4, 0.5) is 0 Å². The number of aryl methyl sites for hydroxylation is 1. The third-order valence-electron chi connectivity index (χ3n) is 2.08. The lowest BCUT2D eigenvalue weighted by molar-refractivity contribution is 0.257. The minimum Gasteiger partial charge on any atom is -0.474 e. The van der Waals surface area contributed by atoms with Crippen LogP contribution in [0.3, 0.4) is 0 Å². The van der Waals surface area contributed by atoms with E-state index in [-0.39, 0.29) is 0 Å². The summed E-state index contributed by atoms with van der Waals surface area (Å²) in [6, 6.07) is 10.2. The Morgan fingerprint density at radius 3 is 2.67 bits per heavy atom. The van der Waals surface area contributed by atoms with Crippen LogP contribution in [0.5, 0.6) is 5.88 Å². The Morgan fingerprint density at radius 2 is 2.00 bits per heavy atom. The highest BCUT2D eigenvalue weighted by Crippen LogP contribution is 2.10. The number of hydrogen-bond acceptors (Lipinski definition) is 4. The molecule has 0 spiro atoms. The molecule has 15 heavy (non-hydrogen) atoms. The fourth-order valence-electron chi connectivity index (χ4n) is 1.26. The van der Waals surface area contributed by atoms with E-state index in [4.69, 9.17) is 4.74 Å². The van der Waals surface area contributed by atoms with Crippen molar-refractivity contribution in [1.82, 2.24) is 10.3 Å². The molecule has 0 radical (unpaired) electrons. The van der Waals surface area contributed by atoms with E-state index in [1.165, 1.54) is 5.56 Å². The van der Waals surface area contributed by atoms with Gasteiger partial charge in [-0.05, 0) is 17.6 Å². The molecule has 0 aliphatic carbocycles. The zero-order valence-electron chi connectivity index (χ0n) is 8.51. The van der Waals surface area contributed by atoms with Gasteiger partial charge in [0.2, 0.25) is 0 Å². The van der Waals surface area contributed by atoms with Gasteiger partial charge in [-0.15, -0.1) is 0 Å². The first-order valence-corrected chi connectivity index (χ1v) is 4.82. The lowest BCUT2D eigenvalue weighted by Crippen LogP contribution is -2.02. The lowest BCUT2D eigenvalue weighted by Gasteiger charge is -2.02. The topological polar surface area (TPSA) is 48.2 Å². The van der Waals surface area contributed by atoms with Crippen LogP contribution in [0.1, 0.15) is 11.3 Å². The van der Waals surface area contributed by atoms with E-state index >= 15 is 0 Å². The van der Waals surface area contributed by atoms with Gasteiger partial charge in [-0.3, -0.25) is 0 Å². The van der Waals surface area contributed by atoms with Crippen LogP contribution in [0.15, 0.2) is 35.0 Å². The van der Waals surface area contributed by atoms with Gasteiger partial charge in [0.1, 0.15) is 5.69 Å². The van der Waals surface area contributed by atoms with Crippen LogP contribution in [0, 0.1) is 6.92 Å². The molecule has 78 valence electrons. The molecule has 0 unspecified atom stereocenters. The molecule has 0 amide bonds. The summed E-state index contributed by atoms with van der Waals surface area (Å²) >= 11 is 0. The molecular weight excluding hydrogens is 192 g/mol. The summed E-state index contributed by atoms with van der Waals surface area (Å²) in [5.74, 6) is 0.478. The largest absolute Gasteiger partial charge is 0.474 e. The summed E-state index contributed by atoms with van der Waals surface area (Å²) < 4.78 is 9.94. The smallest absolute Gasteiger partial charge is 0.278 e. The Balaban J connectivity index is 1.83. The van der Waals surface area contributed by atoms with Crippen LogP contribution < -0.4 is 4.74 Å². The quantitative estimate of drug-likeness (QED) is 0.764. The van der Waals surface area contributed by atoms with Gasteiger partial charge in [-0.2, -0.15) is 0 Å². The highest BCUT2D eigenvalue weighted by molar-refractivity contribution is 5.15. The standard InChI is InChI=1S/C11H12N2O2/c1-9-11(13-15-12-9)14-8-7-10-5-3-2-4-6-10/h2-6H,7-8H2,1H3. The number of rotatable bonds is 4. The molecule has 0 bridgehead atoms. The van der Waals surface area contributed by atoms with Crippen LogP contribution in [-0.4, -0.2) is 16.9 Å². The molecule has 4 nitrogen and oxygen atoms in total. The molecule has 0 aliphatic heterocycles.